The molecule has 0 bridgehead atoms. The molecule has 2 heterocycles. The molecule has 0 saturated heterocycles. The molecule has 0 amide bonds. The molecule has 0 aliphatic heterocycles. The summed E-state index contributed by atoms with van der Waals surface area (Å²) in [5.41, 5.74) is 0.812. The van der Waals surface area contributed by atoms with Gasteiger partial charge in [0.1, 0.15) is 5.69 Å². The van der Waals surface area contributed by atoms with E-state index in [0.29, 0.717) is 4.77 Å². The molecule has 0 radical (unpaired) electrons. The Morgan fingerprint density at radius 2 is 2.33 bits per heavy atom. The monoisotopic (exact) mass is 284 g/mol. The minimum Gasteiger partial charge on any atom is -0.299 e. The van der Waals surface area contributed by atoms with E-state index in [2.05, 4.69) is 31.1 Å². The van der Waals surface area contributed by atoms with E-state index >= 15 is 0 Å². The largest absolute Gasteiger partial charge is 0.299 e. The van der Waals surface area contributed by atoms with Gasteiger partial charge in [-0.05, 0) is 47.2 Å². The number of nitrogens with one attached hydrogen (secondary N) is 1. The first kappa shape index (κ1) is 10.5. The highest BCUT2D eigenvalue weighted by Gasteiger charge is 2.07. The fraction of sp³-hybridized carbons (Fsp3) is 0.222. The number of hydrogen-bond donors (Lipinski definition) is 1. The first-order chi connectivity index (χ1) is 7.22. The van der Waals surface area contributed by atoms with Crippen LogP contribution < -0.4 is 0 Å². The molecule has 0 saturated carbocycles. The van der Waals surface area contributed by atoms with Crippen LogP contribution in [-0.4, -0.2) is 19.7 Å². The van der Waals surface area contributed by atoms with Gasteiger partial charge in [0, 0.05) is 17.2 Å². The summed E-state index contributed by atoms with van der Waals surface area (Å²) >= 11 is 8.45. The van der Waals surface area contributed by atoms with E-state index in [0.717, 1.165) is 22.5 Å². The summed E-state index contributed by atoms with van der Waals surface area (Å²) in [6, 6.07) is 3.83. The van der Waals surface area contributed by atoms with Crippen LogP contribution in [0.25, 0.3) is 11.5 Å². The number of pyridine rings is 1. The minimum atomic E-state index is 0.622. The van der Waals surface area contributed by atoms with E-state index in [-0.39, 0.29) is 0 Å². The molecule has 6 heteroatoms. The Balaban J connectivity index is 2.54. The average Bonchev–Trinajstić information content (AvgIpc) is 2.61. The normalized spacial score (nSPS) is 10.5. The molecule has 2 aromatic rings. The van der Waals surface area contributed by atoms with Crippen molar-refractivity contribution in [3.8, 4) is 11.5 Å². The van der Waals surface area contributed by atoms with Crippen LogP contribution in [-0.2, 0) is 6.54 Å². The van der Waals surface area contributed by atoms with Gasteiger partial charge in [0.2, 0.25) is 0 Å². The van der Waals surface area contributed by atoms with E-state index < -0.39 is 0 Å². The fourth-order valence-electron chi connectivity index (χ4n) is 1.31. The van der Waals surface area contributed by atoms with Crippen molar-refractivity contribution in [3.05, 3.63) is 27.6 Å². The molecule has 78 valence electrons. The summed E-state index contributed by atoms with van der Waals surface area (Å²) < 4.78 is 3.48. The first-order valence-electron chi connectivity index (χ1n) is 4.49. The topological polar surface area (TPSA) is 46.5 Å². The zero-order valence-corrected chi connectivity index (χ0v) is 10.5. The lowest BCUT2D eigenvalue weighted by Crippen LogP contribution is -1.98. The van der Waals surface area contributed by atoms with Gasteiger partial charge in [-0.2, -0.15) is 5.10 Å². The van der Waals surface area contributed by atoms with Gasteiger partial charge in [-0.3, -0.25) is 14.6 Å². The highest BCUT2D eigenvalue weighted by atomic mass is 79.9. The van der Waals surface area contributed by atoms with Crippen molar-refractivity contribution in [2.75, 3.05) is 0 Å². The maximum atomic E-state index is 5.11. The molecule has 1 N–H and O–H groups in total. The number of aromatic amines is 1. The van der Waals surface area contributed by atoms with Gasteiger partial charge in [-0.15, -0.1) is 0 Å². The maximum Gasteiger partial charge on any atom is 0.195 e. The molecule has 0 aliphatic rings. The van der Waals surface area contributed by atoms with E-state index in [1.807, 2.05) is 23.6 Å². The molecule has 0 fully saturated rings. The Kier molecular flexibility index (Phi) is 2.97. The first-order valence-corrected chi connectivity index (χ1v) is 5.69. The predicted octanol–water partition coefficient (Wildman–Crippen LogP) is 2.79. The van der Waals surface area contributed by atoms with Crippen molar-refractivity contribution in [1.82, 2.24) is 19.7 Å². The summed E-state index contributed by atoms with van der Waals surface area (Å²) in [5.74, 6) is 0.773. The zero-order valence-electron chi connectivity index (χ0n) is 8.07. The SMILES string of the molecule is CCn1c(-c2ccc(Br)cn2)n[nH]c1=S. The summed E-state index contributed by atoms with van der Waals surface area (Å²) in [7, 11) is 0. The smallest absolute Gasteiger partial charge is 0.195 e. The number of aromatic nitrogens is 4. The van der Waals surface area contributed by atoms with Gasteiger partial charge in [-0.1, -0.05) is 0 Å². The summed E-state index contributed by atoms with van der Waals surface area (Å²) in [5, 5.41) is 6.92. The van der Waals surface area contributed by atoms with Crippen LogP contribution in [0.4, 0.5) is 0 Å². The van der Waals surface area contributed by atoms with Crippen LogP contribution in [0.2, 0.25) is 0 Å². The fourth-order valence-corrected chi connectivity index (χ4v) is 1.81. The van der Waals surface area contributed by atoms with E-state index in [4.69, 9.17) is 12.2 Å². The Morgan fingerprint density at radius 3 is 2.93 bits per heavy atom. The highest BCUT2D eigenvalue weighted by Crippen LogP contribution is 2.16. The van der Waals surface area contributed by atoms with Crippen molar-refractivity contribution in [2.45, 2.75) is 13.5 Å². The Hall–Kier alpha value is -1.01. The van der Waals surface area contributed by atoms with Crippen LogP contribution >= 0.6 is 28.1 Å². The van der Waals surface area contributed by atoms with Crippen molar-refractivity contribution in [2.24, 2.45) is 0 Å². The van der Waals surface area contributed by atoms with Gasteiger partial charge in [-0.25, -0.2) is 0 Å². The number of rotatable bonds is 2. The molecule has 0 spiro atoms. The number of hydrogen-bond acceptors (Lipinski definition) is 3. The third-order valence-electron chi connectivity index (χ3n) is 2.03. The number of halogens is 1. The second-order valence-electron chi connectivity index (χ2n) is 2.96. The Bertz CT molecular complexity index is 514. The standard InChI is InChI=1S/C9H9BrN4S/c1-2-14-8(12-13-9(14)15)7-4-3-6(10)5-11-7/h3-5H,2H2,1H3,(H,13,15). The quantitative estimate of drug-likeness (QED) is 0.863. The molecule has 2 aromatic heterocycles. The maximum absolute atomic E-state index is 5.11. The van der Waals surface area contributed by atoms with Crippen molar-refractivity contribution >= 4 is 28.1 Å². The molecular weight excluding hydrogens is 276 g/mol. The van der Waals surface area contributed by atoms with Crippen LogP contribution in [0.15, 0.2) is 22.8 Å². The number of nitrogens with zero attached hydrogens (tertiary/aromatic N) is 3. The third kappa shape index (κ3) is 2.00. The van der Waals surface area contributed by atoms with Gasteiger partial charge < -0.3 is 0 Å². The lowest BCUT2D eigenvalue weighted by Gasteiger charge is -2.01. The summed E-state index contributed by atoms with van der Waals surface area (Å²) in [4.78, 5) is 4.27. The zero-order chi connectivity index (χ0) is 10.8. The van der Waals surface area contributed by atoms with E-state index in [9.17, 15) is 0 Å². The second kappa shape index (κ2) is 4.24. The van der Waals surface area contributed by atoms with E-state index in [1.54, 1.807) is 6.20 Å². The van der Waals surface area contributed by atoms with Gasteiger partial charge in [0.05, 0.1) is 0 Å². The second-order valence-corrected chi connectivity index (χ2v) is 4.26. The van der Waals surface area contributed by atoms with Gasteiger partial charge in [0.25, 0.3) is 0 Å². The van der Waals surface area contributed by atoms with Crippen LogP contribution in [0.1, 0.15) is 6.92 Å². The molecule has 2 rings (SSSR count). The Morgan fingerprint density at radius 1 is 1.53 bits per heavy atom. The van der Waals surface area contributed by atoms with Gasteiger partial charge in [0.15, 0.2) is 10.6 Å². The van der Waals surface area contributed by atoms with E-state index in [1.165, 1.54) is 0 Å². The Labute approximate surface area is 100 Å². The minimum absolute atomic E-state index is 0.622. The predicted molar refractivity (Wildman–Crippen MR) is 64.0 cm³/mol. The van der Waals surface area contributed by atoms with Crippen molar-refractivity contribution < 1.29 is 0 Å². The molecule has 0 unspecified atom stereocenters. The van der Waals surface area contributed by atoms with Gasteiger partial charge >= 0.3 is 0 Å². The molecule has 4 nitrogen and oxygen atoms in total. The van der Waals surface area contributed by atoms with Crippen LogP contribution in [0.5, 0.6) is 0 Å². The number of H-pyrrole nitrogens is 1. The highest BCUT2D eigenvalue weighted by molar-refractivity contribution is 9.10. The molecule has 0 aromatic carbocycles. The molecule has 0 aliphatic carbocycles. The summed E-state index contributed by atoms with van der Waals surface area (Å²) in [6.45, 7) is 2.80. The van der Waals surface area contributed by atoms with Crippen LogP contribution in [0.3, 0.4) is 0 Å². The van der Waals surface area contributed by atoms with Crippen molar-refractivity contribution in [3.63, 3.8) is 0 Å². The lowest BCUT2D eigenvalue weighted by atomic mass is 10.3. The molecule has 15 heavy (non-hydrogen) atoms. The summed E-state index contributed by atoms with van der Waals surface area (Å²) in [6.07, 6.45) is 1.74. The average molecular weight is 285 g/mol. The molecule has 0 atom stereocenters. The van der Waals surface area contributed by atoms with Crippen molar-refractivity contribution in [1.29, 1.82) is 0 Å². The lowest BCUT2D eigenvalue weighted by molar-refractivity contribution is 0.753. The third-order valence-corrected chi connectivity index (χ3v) is 2.81. The van der Waals surface area contributed by atoms with Crippen LogP contribution in [0, 0.1) is 4.77 Å². The molecular formula is C9H9BrN4S.